The summed E-state index contributed by atoms with van der Waals surface area (Å²) in [6.45, 7) is 0.354. The molecular weight excluding hydrogens is 373 g/mol. The zero-order valence-electron chi connectivity index (χ0n) is 16.0. The second-order valence-electron chi connectivity index (χ2n) is 8.37. The number of hydrogen-bond acceptors (Lipinski definition) is 5. The lowest BCUT2D eigenvalue weighted by Gasteiger charge is -2.31. The molecule has 1 aliphatic heterocycles. The van der Waals surface area contributed by atoms with E-state index in [1.54, 1.807) is 29.0 Å². The molecule has 1 aromatic carbocycles. The number of benzene rings is 1. The molecule has 2 fully saturated rings. The summed E-state index contributed by atoms with van der Waals surface area (Å²) in [5, 5.41) is 7.38. The van der Waals surface area contributed by atoms with Gasteiger partial charge in [-0.15, -0.1) is 0 Å². The van der Waals surface area contributed by atoms with Gasteiger partial charge in [-0.25, -0.2) is 13.9 Å². The van der Waals surface area contributed by atoms with Crippen LogP contribution < -0.4 is 15.0 Å². The second kappa shape index (κ2) is 5.46. The molecule has 3 aliphatic rings. The molecule has 3 aromatic rings. The monoisotopic (exact) mass is 393 g/mol. The summed E-state index contributed by atoms with van der Waals surface area (Å²) >= 11 is 0. The van der Waals surface area contributed by atoms with Crippen molar-refractivity contribution in [2.45, 2.75) is 36.8 Å². The smallest absolute Gasteiger partial charge is 0.257 e. The van der Waals surface area contributed by atoms with Gasteiger partial charge in [0.15, 0.2) is 5.65 Å². The molecule has 2 aliphatic carbocycles. The van der Waals surface area contributed by atoms with Crippen molar-refractivity contribution in [3.8, 4) is 5.75 Å². The Morgan fingerprint density at radius 2 is 2.03 bits per heavy atom. The predicted molar refractivity (Wildman–Crippen MR) is 104 cm³/mol. The van der Waals surface area contributed by atoms with Gasteiger partial charge in [0.25, 0.3) is 5.91 Å². The van der Waals surface area contributed by atoms with Gasteiger partial charge >= 0.3 is 0 Å². The maximum absolute atomic E-state index is 14.2. The van der Waals surface area contributed by atoms with Crippen LogP contribution in [0.4, 0.5) is 10.2 Å². The van der Waals surface area contributed by atoms with E-state index in [0.29, 0.717) is 29.4 Å². The lowest BCUT2D eigenvalue weighted by atomic mass is 10.0. The standard InChI is InChI=1S/C21H20FN5O2/c1-26-17-4-9-27-18(24-17)14(11-23-27)19(28)25-20(5-6-20)12-29-16-3-2-13(22)10-15(16)21(26)7-8-21/h2-4,9-11H,5-8,12H2,1H3,(H,25,28). The van der Waals surface area contributed by atoms with E-state index in [4.69, 9.17) is 9.72 Å². The Kier molecular flexibility index (Phi) is 3.16. The number of rotatable bonds is 0. The SMILES string of the molecule is CN1c2ccn3ncc(c3n2)C(=O)NC2(CC2)COc2ccc(F)cc2C12CC2. The Hall–Kier alpha value is -3.16. The summed E-state index contributed by atoms with van der Waals surface area (Å²) < 4.78 is 22.0. The minimum Gasteiger partial charge on any atom is -0.491 e. The molecule has 1 amide bonds. The van der Waals surface area contributed by atoms with Gasteiger partial charge < -0.3 is 15.0 Å². The molecule has 0 saturated heterocycles. The largest absolute Gasteiger partial charge is 0.491 e. The van der Waals surface area contributed by atoms with E-state index in [-0.39, 0.29) is 17.3 Å². The Labute approximate surface area is 166 Å². The van der Waals surface area contributed by atoms with E-state index in [0.717, 1.165) is 31.2 Å². The van der Waals surface area contributed by atoms with Crippen LogP contribution in [0.3, 0.4) is 0 Å². The van der Waals surface area contributed by atoms with E-state index in [9.17, 15) is 9.18 Å². The number of carbonyl (C=O) groups is 1. The topological polar surface area (TPSA) is 71.8 Å². The number of amides is 1. The van der Waals surface area contributed by atoms with E-state index < -0.39 is 5.54 Å². The number of anilines is 1. The highest BCUT2D eigenvalue weighted by atomic mass is 19.1. The lowest BCUT2D eigenvalue weighted by molar-refractivity contribution is 0.0914. The van der Waals surface area contributed by atoms with Crippen molar-refractivity contribution in [3.05, 3.63) is 53.6 Å². The van der Waals surface area contributed by atoms with Crippen molar-refractivity contribution in [1.29, 1.82) is 0 Å². The lowest BCUT2D eigenvalue weighted by Crippen LogP contribution is -2.41. The number of aromatic nitrogens is 3. The summed E-state index contributed by atoms with van der Waals surface area (Å²) in [4.78, 5) is 19.7. The molecule has 0 atom stereocenters. The van der Waals surface area contributed by atoms with Crippen LogP contribution in [0.15, 0.2) is 36.7 Å². The number of halogens is 1. The molecule has 2 spiro atoms. The van der Waals surface area contributed by atoms with Crippen molar-refractivity contribution in [1.82, 2.24) is 19.9 Å². The van der Waals surface area contributed by atoms with Gasteiger partial charge in [-0.1, -0.05) is 0 Å². The van der Waals surface area contributed by atoms with Gasteiger partial charge in [-0.3, -0.25) is 4.79 Å². The number of nitrogens with zero attached hydrogens (tertiary/aromatic N) is 4. The number of carbonyl (C=O) groups excluding carboxylic acids is 1. The number of nitrogens with one attached hydrogen (secondary N) is 1. The normalized spacial score (nSPS) is 21.2. The van der Waals surface area contributed by atoms with Crippen LogP contribution in [0.2, 0.25) is 0 Å². The molecule has 29 heavy (non-hydrogen) atoms. The highest BCUT2D eigenvalue weighted by molar-refractivity contribution is 6.00. The van der Waals surface area contributed by atoms with Gasteiger partial charge in [0.1, 0.15) is 29.6 Å². The number of hydrogen-bond donors (Lipinski definition) is 1. The molecule has 2 bridgehead atoms. The Balaban J connectivity index is 1.55. The fourth-order valence-electron chi connectivity index (χ4n) is 4.30. The fourth-order valence-corrected chi connectivity index (χ4v) is 4.30. The third-order valence-electron chi connectivity index (χ3n) is 6.49. The highest BCUT2D eigenvalue weighted by Crippen LogP contribution is 2.54. The predicted octanol–water partition coefficient (Wildman–Crippen LogP) is 2.65. The van der Waals surface area contributed by atoms with E-state index in [1.807, 2.05) is 13.1 Å². The van der Waals surface area contributed by atoms with Crippen LogP contribution in [0.25, 0.3) is 5.65 Å². The summed E-state index contributed by atoms with van der Waals surface area (Å²) in [6.07, 6.45) is 6.80. The molecule has 148 valence electrons. The van der Waals surface area contributed by atoms with Crippen molar-refractivity contribution in [2.24, 2.45) is 0 Å². The quantitative estimate of drug-likeness (QED) is 0.636. The van der Waals surface area contributed by atoms with E-state index >= 15 is 0 Å². The third-order valence-corrected chi connectivity index (χ3v) is 6.49. The Morgan fingerprint density at radius 3 is 2.79 bits per heavy atom. The Morgan fingerprint density at radius 1 is 1.21 bits per heavy atom. The van der Waals surface area contributed by atoms with E-state index in [2.05, 4.69) is 15.3 Å². The molecule has 3 heterocycles. The molecule has 7 nitrogen and oxygen atoms in total. The fraction of sp³-hybridized carbons (Fsp3) is 0.381. The first-order chi connectivity index (χ1) is 14.0. The average Bonchev–Trinajstić information content (AvgIpc) is 3.63. The van der Waals surface area contributed by atoms with Crippen LogP contribution in [0, 0.1) is 5.82 Å². The number of fused-ring (bicyclic) bond motifs is 3. The second-order valence-corrected chi connectivity index (χ2v) is 8.37. The van der Waals surface area contributed by atoms with Gasteiger partial charge in [-0.2, -0.15) is 5.10 Å². The molecule has 2 saturated carbocycles. The first-order valence-electron chi connectivity index (χ1n) is 9.83. The molecule has 1 N–H and O–H groups in total. The average molecular weight is 393 g/mol. The van der Waals surface area contributed by atoms with E-state index in [1.165, 1.54) is 6.07 Å². The molecule has 6 rings (SSSR count). The van der Waals surface area contributed by atoms with Crippen molar-refractivity contribution >= 4 is 17.4 Å². The minimum atomic E-state index is -0.398. The molecular formula is C21H20FN5O2. The zero-order valence-corrected chi connectivity index (χ0v) is 16.0. The summed E-state index contributed by atoms with van der Waals surface area (Å²) in [7, 11) is 1.96. The van der Waals surface area contributed by atoms with Crippen molar-refractivity contribution in [2.75, 3.05) is 18.6 Å². The maximum Gasteiger partial charge on any atom is 0.257 e. The molecule has 0 radical (unpaired) electrons. The third kappa shape index (κ3) is 2.44. The Bertz CT molecular complexity index is 1170. The van der Waals surface area contributed by atoms with Gasteiger partial charge in [0, 0.05) is 18.8 Å². The number of ether oxygens (including phenoxy) is 1. The molecule has 0 unspecified atom stereocenters. The van der Waals surface area contributed by atoms with Crippen LogP contribution in [0.1, 0.15) is 41.6 Å². The van der Waals surface area contributed by atoms with Crippen LogP contribution >= 0.6 is 0 Å². The van der Waals surface area contributed by atoms with Crippen molar-refractivity contribution in [3.63, 3.8) is 0 Å². The summed E-state index contributed by atoms with van der Waals surface area (Å²) in [5.74, 6) is 0.889. The molecule has 2 aromatic heterocycles. The first kappa shape index (κ1) is 16.8. The van der Waals surface area contributed by atoms with Crippen LogP contribution in [-0.2, 0) is 5.54 Å². The summed E-state index contributed by atoms with van der Waals surface area (Å²) in [6, 6.07) is 6.55. The van der Waals surface area contributed by atoms with Gasteiger partial charge in [-0.05, 0) is 49.9 Å². The van der Waals surface area contributed by atoms with Crippen molar-refractivity contribution < 1.29 is 13.9 Å². The van der Waals surface area contributed by atoms with Gasteiger partial charge in [0.05, 0.1) is 17.3 Å². The minimum absolute atomic E-state index is 0.201. The maximum atomic E-state index is 14.2. The highest BCUT2D eigenvalue weighted by Gasteiger charge is 2.52. The van der Waals surface area contributed by atoms with Gasteiger partial charge in [0.2, 0.25) is 0 Å². The zero-order chi connectivity index (χ0) is 19.8. The first-order valence-corrected chi connectivity index (χ1v) is 9.83. The molecule has 8 heteroatoms. The van der Waals surface area contributed by atoms with Crippen LogP contribution in [-0.4, -0.2) is 39.7 Å². The summed E-state index contributed by atoms with van der Waals surface area (Å²) in [5.41, 5.74) is 1.02. The van der Waals surface area contributed by atoms with Crippen LogP contribution in [0.5, 0.6) is 5.75 Å².